The SMILES string of the molecule is Nc1ccc(CC(=O)N2CC=CCC2)cc1. The van der Waals surface area contributed by atoms with E-state index in [1.54, 1.807) is 0 Å². The number of rotatable bonds is 2. The van der Waals surface area contributed by atoms with Crippen LogP contribution in [0.25, 0.3) is 0 Å². The molecule has 1 aromatic carbocycles. The van der Waals surface area contributed by atoms with E-state index < -0.39 is 0 Å². The number of amides is 1. The number of benzene rings is 1. The second kappa shape index (κ2) is 4.84. The number of carbonyl (C=O) groups excluding carboxylic acids is 1. The molecule has 0 aromatic heterocycles. The molecule has 1 aliphatic heterocycles. The van der Waals surface area contributed by atoms with Crippen molar-refractivity contribution in [1.29, 1.82) is 0 Å². The summed E-state index contributed by atoms with van der Waals surface area (Å²) >= 11 is 0. The van der Waals surface area contributed by atoms with E-state index in [9.17, 15) is 4.79 Å². The number of hydrogen-bond acceptors (Lipinski definition) is 2. The Hall–Kier alpha value is -1.77. The van der Waals surface area contributed by atoms with Crippen LogP contribution >= 0.6 is 0 Å². The minimum atomic E-state index is 0.189. The molecule has 1 aromatic rings. The fourth-order valence-electron chi connectivity index (χ4n) is 1.79. The quantitative estimate of drug-likeness (QED) is 0.603. The highest BCUT2D eigenvalue weighted by atomic mass is 16.2. The van der Waals surface area contributed by atoms with Crippen LogP contribution in [0.4, 0.5) is 5.69 Å². The largest absolute Gasteiger partial charge is 0.399 e. The lowest BCUT2D eigenvalue weighted by Crippen LogP contribution is -2.34. The minimum absolute atomic E-state index is 0.189. The molecule has 1 amide bonds. The van der Waals surface area contributed by atoms with E-state index in [4.69, 9.17) is 5.73 Å². The molecule has 3 nitrogen and oxygen atoms in total. The van der Waals surface area contributed by atoms with Crippen molar-refractivity contribution in [3.8, 4) is 0 Å². The number of nitrogen functional groups attached to an aromatic ring is 1. The molecule has 2 rings (SSSR count). The van der Waals surface area contributed by atoms with Crippen LogP contribution in [0.3, 0.4) is 0 Å². The summed E-state index contributed by atoms with van der Waals surface area (Å²) in [5.41, 5.74) is 7.35. The minimum Gasteiger partial charge on any atom is -0.399 e. The highest BCUT2D eigenvalue weighted by Crippen LogP contribution is 2.09. The van der Waals surface area contributed by atoms with Gasteiger partial charge in [-0.3, -0.25) is 4.79 Å². The van der Waals surface area contributed by atoms with E-state index in [0.717, 1.165) is 30.8 Å². The molecule has 0 unspecified atom stereocenters. The molecule has 84 valence electrons. The van der Waals surface area contributed by atoms with Crippen molar-refractivity contribution >= 4 is 11.6 Å². The Balaban J connectivity index is 1.96. The summed E-state index contributed by atoms with van der Waals surface area (Å²) < 4.78 is 0. The van der Waals surface area contributed by atoms with Gasteiger partial charge in [0.2, 0.25) is 5.91 Å². The van der Waals surface area contributed by atoms with Gasteiger partial charge in [0.1, 0.15) is 0 Å². The first kappa shape index (κ1) is 10.7. The summed E-state index contributed by atoms with van der Waals surface area (Å²) in [6.45, 7) is 1.58. The Morgan fingerprint density at radius 3 is 2.62 bits per heavy atom. The Labute approximate surface area is 95.6 Å². The average molecular weight is 216 g/mol. The number of carbonyl (C=O) groups is 1. The summed E-state index contributed by atoms with van der Waals surface area (Å²) in [5, 5.41) is 0. The maximum absolute atomic E-state index is 11.9. The predicted molar refractivity (Wildman–Crippen MR) is 64.9 cm³/mol. The van der Waals surface area contributed by atoms with Crippen LogP contribution in [0.5, 0.6) is 0 Å². The molecule has 2 N–H and O–H groups in total. The highest BCUT2D eigenvalue weighted by molar-refractivity contribution is 5.79. The fourth-order valence-corrected chi connectivity index (χ4v) is 1.79. The molecular weight excluding hydrogens is 200 g/mol. The molecule has 0 spiro atoms. The molecular formula is C13H16N2O. The van der Waals surface area contributed by atoms with Crippen LogP contribution in [0, 0.1) is 0 Å². The van der Waals surface area contributed by atoms with Gasteiger partial charge in [-0.1, -0.05) is 24.3 Å². The first-order valence-corrected chi connectivity index (χ1v) is 5.53. The zero-order valence-corrected chi connectivity index (χ0v) is 9.23. The molecule has 0 radical (unpaired) electrons. The standard InChI is InChI=1S/C13H16N2O/c14-12-6-4-11(5-7-12)10-13(16)15-8-2-1-3-9-15/h1-2,4-7H,3,8-10,14H2. The van der Waals surface area contributed by atoms with Gasteiger partial charge in [0.25, 0.3) is 0 Å². The maximum Gasteiger partial charge on any atom is 0.227 e. The molecule has 0 fully saturated rings. The first-order valence-electron chi connectivity index (χ1n) is 5.53. The van der Waals surface area contributed by atoms with Gasteiger partial charge in [0.05, 0.1) is 6.42 Å². The topological polar surface area (TPSA) is 46.3 Å². The Morgan fingerprint density at radius 2 is 2.00 bits per heavy atom. The van der Waals surface area contributed by atoms with Crippen LogP contribution in [-0.4, -0.2) is 23.9 Å². The van der Waals surface area contributed by atoms with E-state index in [2.05, 4.69) is 6.08 Å². The summed E-state index contributed by atoms with van der Waals surface area (Å²) in [5.74, 6) is 0.189. The van der Waals surface area contributed by atoms with Gasteiger partial charge in [0, 0.05) is 18.8 Å². The van der Waals surface area contributed by atoms with Crippen LogP contribution in [0.1, 0.15) is 12.0 Å². The average Bonchev–Trinajstić information content (AvgIpc) is 2.33. The van der Waals surface area contributed by atoms with Crippen molar-refractivity contribution in [2.75, 3.05) is 18.8 Å². The van der Waals surface area contributed by atoms with E-state index in [1.807, 2.05) is 35.2 Å². The van der Waals surface area contributed by atoms with Gasteiger partial charge in [-0.15, -0.1) is 0 Å². The third-order valence-electron chi connectivity index (χ3n) is 2.75. The van der Waals surface area contributed by atoms with Crippen molar-refractivity contribution in [3.05, 3.63) is 42.0 Å². The third kappa shape index (κ3) is 2.63. The third-order valence-corrected chi connectivity index (χ3v) is 2.75. The Morgan fingerprint density at radius 1 is 1.25 bits per heavy atom. The van der Waals surface area contributed by atoms with Crippen LogP contribution in [-0.2, 0) is 11.2 Å². The van der Waals surface area contributed by atoms with Gasteiger partial charge >= 0.3 is 0 Å². The lowest BCUT2D eigenvalue weighted by Gasteiger charge is -2.23. The molecule has 0 saturated heterocycles. The van der Waals surface area contributed by atoms with E-state index in [1.165, 1.54) is 0 Å². The molecule has 16 heavy (non-hydrogen) atoms. The molecule has 0 atom stereocenters. The van der Waals surface area contributed by atoms with Crippen LogP contribution < -0.4 is 5.73 Å². The van der Waals surface area contributed by atoms with Crippen molar-refractivity contribution in [1.82, 2.24) is 4.90 Å². The Bertz CT molecular complexity index is 395. The van der Waals surface area contributed by atoms with Gasteiger partial charge in [-0.05, 0) is 24.1 Å². The predicted octanol–water partition coefficient (Wildman–Crippen LogP) is 1.60. The second-order valence-corrected chi connectivity index (χ2v) is 4.02. The molecule has 1 aliphatic rings. The Kier molecular flexibility index (Phi) is 3.25. The van der Waals surface area contributed by atoms with Gasteiger partial charge in [-0.2, -0.15) is 0 Å². The summed E-state index contributed by atoms with van der Waals surface area (Å²) in [7, 11) is 0. The highest BCUT2D eigenvalue weighted by Gasteiger charge is 2.13. The lowest BCUT2D eigenvalue weighted by molar-refractivity contribution is -0.130. The van der Waals surface area contributed by atoms with Gasteiger partial charge in [-0.25, -0.2) is 0 Å². The van der Waals surface area contributed by atoms with Crippen molar-refractivity contribution in [2.45, 2.75) is 12.8 Å². The number of anilines is 1. The number of nitrogens with zero attached hydrogens (tertiary/aromatic N) is 1. The van der Waals surface area contributed by atoms with E-state index in [0.29, 0.717) is 6.42 Å². The first-order chi connectivity index (χ1) is 7.75. The second-order valence-electron chi connectivity index (χ2n) is 4.02. The zero-order chi connectivity index (χ0) is 11.4. The van der Waals surface area contributed by atoms with Crippen molar-refractivity contribution < 1.29 is 4.79 Å². The van der Waals surface area contributed by atoms with E-state index in [-0.39, 0.29) is 5.91 Å². The fraction of sp³-hybridized carbons (Fsp3) is 0.308. The molecule has 3 heteroatoms. The summed E-state index contributed by atoms with van der Waals surface area (Å²) in [4.78, 5) is 13.8. The maximum atomic E-state index is 11.9. The molecule has 0 saturated carbocycles. The van der Waals surface area contributed by atoms with Crippen molar-refractivity contribution in [2.24, 2.45) is 0 Å². The molecule has 0 bridgehead atoms. The van der Waals surface area contributed by atoms with E-state index >= 15 is 0 Å². The zero-order valence-electron chi connectivity index (χ0n) is 9.23. The summed E-state index contributed by atoms with van der Waals surface area (Å²) in [6, 6.07) is 7.48. The monoisotopic (exact) mass is 216 g/mol. The number of hydrogen-bond donors (Lipinski definition) is 1. The number of nitrogens with two attached hydrogens (primary N) is 1. The normalized spacial score (nSPS) is 15.1. The van der Waals surface area contributed by atoms with Gasteiger partial charge in [0.15, 0.2) is 0 Å². The van der Waals surface area contributed by atoms with Crippen LogP contribution in [0.15, 0.2) is 36.4 Å². The molecule has 0 aliphatic carbocycles. The smallest absolute Gasteiger partial charge is 0.227 e. The molecule has 1 heterocycles. The van der Waals surface area contributed by atoms with Crippen molar-refractivity contribution in [3.63, 3.8) is 0 Å². The van der Waals surface area contributed by atoms with Gasteiger partial charge < -0.3 is 10.6 Å². The van der Waals surface area contributed by atoms with Crippen LogP contribution in [0.2, 0.25) is 0 Å². The lowest BCUT2D eigenvalue weighted by atomic mass is 10.1. The summed E-state index contributed by atoms with van der Waals surface area (Å²) in [6.07, 6.45) is 5.60.